The Labute approximate surface area is 84.1 Å². The van der Waals surface area contributed by atoms with Gasteiger partial charge in [0.15, 0.2) is 0 Å². The molecule has 9 heavy (non-hydrogen) atoms. The van der Waals surface area contributed by atoms with Gasteiger partial charge in [-0.15, -0.1) is 0 Å². The van der Waals surface area contributed by atoms with Crippen LogP contribution in [0.15, 0.2) is 0 Å². The van der Waals surface area contributed by atoms with E-state index >= 15 is 0 Å². The second kappa shape index (κ2) is 12.6. The minimum Gasteiger partial charge on any atom is -0.427 e. The maximum Gasteiger partial charge on any atom is 0.282 e. The Balaban J connectivity index is -0.0000000720. The van der Waals surface area contributed by atoms with Crippen LogP contribution in [0.25, 0.3) is 0 Å². The van der Waals surface area contributed by atoms with Crippen molar-refractivity contribution in [2.75, 3.05) is 0 Å². The van der Waals surface area contributed by atoms with Crippen LogP contribution in [-0.2, 0) is 22.4 Å². The smallest absolute Gasteiger partial charge is 0.282 e. The van der Waals surface area contributed by atoms with Crippen molar-refractivity contribution in [3.63, 3.8) is 0 Å². The molecule has 0 aliphatic rings. The number of halogens is 2. The molecular formula is AgI2O6-2. The summed E-state index contributed by atoms with van der Waals surface area (Å²) in [5, 5.41) is 0. The summed E-state index contributed by atoms with van der Waals surface area (Å²) in [4.78, 5) is 0. The summed E-state index contributed by atoms with van der Waals surface area (Å²) in [6, 6.07) is 0. The van der Waals surface area contributed by atoms with Crippen molar-refractivity contribution in [1.82, 2.24) is 0 Å². The average molecular weight is 458 g/mol. The van der Waals surface area contributed by atoms with Crippen molar-refractivity contribution >= 4 is 0 Å². The second-order valence-electron chi connectivity index (χ2n) is 0.378. The predicted molar refractivity (Wildman–Crippen MR) is 0 cm³/mol. The monoisotopic (exact) mass is 457 g/mol. The molecule has 0 atom stereocenters. The molecule has 0 aliphatic heterocycles. The molecule has 63 valence electrons. The normalized spacial score (nSPS) is 8.00. The summed E-state index contributed by atoms with van der Waals surface area (Å²) in [6.45, 7) is 0. The molecule has 0 heterocycles. The van der Waals surface area contributed by atoms with Crippen molar-refractivity contribution in [2.24, 2.45) is 0 Å². The SMILES string of the molecule is [Ag].[O-][I+2]([O-])[O-].[O-][I+2]([O-])[O-]. The van der Waals surface area contributed by atoms with E-state index < -0.39 is 42.1 Å². The van der Waals surface area contributed by atoms with Gasteiger partial charge in [-0.05, 0) is 0 Å². The van der Waals surface area contributed by atoms with E-state index in [9.17, 15) is 0 Å². The zero-order valence-corrected chi connectivity index (χ0v) is 9.30. The number of hydrogen-bond donors (Lipinski definition) is 0. The molecule has 0 aromatic heterocycles. The van der Waals surface area contributed by atoms with E-state index in [1.165, 1.54) is 0 Å². The van der Waals surface area contributed by atoms with Crippen molar-refractivity contribution in [3.8, 4) is 0 Å². The first-order valence-corrected chi connectivity index (χ1v) is 6.21. The topological polar surface area (TPSA) is 138 Å². The zero-order valence-electron chi connectivity index (χ0n) is 3.51. The van der Waals surface area contributed by atoms with Gasteiger partial charge >= 0.3 is 0 Å². The fourth-order valence-corrected chi connectivity index (χ4v) is 0. The molecule has 0 spiro atoms. The molecule has 0 aromatic carbocycles. The van der Waals surface area contributed by atoms with Crippen molar-refractivity contribution < 1.29 is 85.1 Å². The first-order valence-electron chi connectivity index (χ1n) is 0.926. The Hall–Kier alpha value is 1.96. The Kier molecular flexibility index (Phi) is 24.1. The van der Waals surface area contributed by atoms with Gasteiger partial charge in [0, 0.05) is 22.4 Å². The molecule has 0 saturated heterocycles. The fraction of sp³-hybridized carbons (Fsp3) is 0. The fourth-order valence-electron chi connectivity index (χ4n) is 0. The largest absolute Gasteiger partial charge is 0.427 e. The molecule has 9 heteroatoms. The van der Waals surface area contributed by atoms with Crippen molar-refractivity contribution in [2.45, 2.75) is 0 Å². The van der Waals surface area contributed by atoms with E-state index in [-0.39, 0.29) is 22.4 Å². The average Bonchev–Trinajstić information content (AvgIpc) is 1.25. The molecule has 6 nitrogen and oxygen atoms in total. The van der Waals surface area contributed by atoms with Gasteiger partial charge in [-0.3, -0.25) is 0 Å². The molecule has 1 radical (unpaired) electrons. The minimum absolute atomic E-state index is 0. The van der Waals surface area contributed by atoms with E-state index in [2.05, 4.69) is 0 Å². The minimum atomic E-state index is -4.01. The summed E-state index contributed by atoms with van der Waals surface area (Å²) in [7, 11) is 0. The Bertz CT molecular complexity index is 26.5. The van der Waals surface area contributed by atoms with Crippen LogP contribution in [0, 0.1) is 0 Å². The first kappa shape index (κ1) is 17.2. The molecule has 0 amide bonds. The van der Waals surface area contributed by atoms with Gasteiger partial charge in [0.1, 0.15) is 0 Å². The molecule has 0 unspecified atom stereocenters. The molecule has 0 rings (SSSR count). The van der Waals surface area contributed by atoms with Gasteiger partial charge in [0.25, 0.3) is 42.1 Å². The summed E-state index contributed by atoms with van der Waals surface area (Å²) < 4.78 is 51.4. The third kappa shape index (κ3) is 164. The molecule has 0 N–H and O–H groups in total. The van der Waals surface area contributed by atoms with Crippen LogP contribution < -0.4 is 62.7 Å². The van der Waals surface area contributed by atoms with E-state index in [1.807, 2.05) is 0 Å². The van der Waals surface area contributed by atoms with Crippen LogP contribution in [0.3, 0.4) is 0 Å². The molecular weight excluding hydrogens is 458 g/mol. The van der Waals surface area contributed by atoms with Crippen LogP contribution in [0.4, 0.5) is 0 Å². The van der Waals surface area contributed by atoms with Gasteiger partial charge in [-0.25, -0.2) is 0 Å². The molecule has 0 saturated carbocycles. The van der Waals surface area contributed by atoms with Crippen LogP contribution in [0.5, 0.6) is 0 Å². The maximum atomic E-state index is 8.57. The third-order valence-electron chi connectivity index (χ3n) is 0. The Morgan fingerprint density at radius 2 is 0.556 bits per heavy atom. The summed E-state index contributed by atoms with van der Waals surface area (Å²) >= 11 is -8.03. The van der Waals surface area contributed by atoms with Crippen molar-refractivity contribution in [1.29, 1.82) is 0 Å². The van der Waals surface area contributed by atoms with E-state index in [0.717, 1.165) is 0 Å². The van der Waals surface area contributed by atoms with Gasteiger partial charge in [0.2, 0.25) is 0 Å². The zero-order chi connectivity index (χ0) is 7.15. The van der Waals surface area contributed by atoms with Crippen LogP contribution in [0.2, 0.25) is 0 Å². The van der Waals surface area contributed by atoms with Crippen LogP contribution in [0.1, 0.15) is 0 Å². The number of rotatable bonds is 0. The van der Waals surface area contributed by atoms with Gasteiger partial charge in [0.05, 0.1) is 0 Å². The van der Waals surface area contributed by atoms with E-state index in [4.69, 9.17) is 20.6 Å². The van der Waals surface area contributed by atoms with Crippen LogP contribution >= 0.6 is 0 Å². The predicted octanol–water partition coefficient (Wildman–Crippen LogP) is -13.1. The summed E-state index contributed by atoms with van der Waals surface area (Å²) in [6.07, 6.45) is 0. The molecule has 0 aromatic rings. The van der Waals surface area contributed by atoms with Gasteiger partial charge in [-0.1, -0.05) is 0 Å². The van der Waals surface area contributed by atoms with Crippen molar-refractivity contribution in [3.05, 3.63) is 0 Å². The molecule has 0 fully saturated rings. The van der Waals surface area contributed by atoms with Gasteiger partial charge < -0.3 is 20.6 Å². The van der Waals surface area contributed by atoms with Gasteiger partial charge in [-0.2, -0.15) is 0 Å². The van der Waals surface area contributed by atoms with E-state index in [0.29, 0.717) is 0 Å². The van der Waals surface area contributed by atoms with Crippen LogP contribution in [-0.4, -0.2) is 0 Å². The Morgan fingerprint density at radius 1 is 0.556 bits per heavy atom. The third-order valence-corrected chi connectivity index (χ3v) is 0. The molecule has 0 bridgehead atoms. The van der Waals surface area contributed by atoms with E-state index in [1.54, 1.807) is 0 Å². The standard InChI is InChI=1S/Ag.2IO3/c;2*2-1(3)4/q;2*-1. The number of hydrogen-bond acceptors (Lipinski definition) is 6. The summed E-state index contributed by atoms with van der Waals surface area (Å²) in [5.41, 5.74) is 0. The Morgan fingerprint density at radius 3 is 0.556 bits per heavy atom. The molecule has 0 aliphatic carbocycles. The maximum absolute atomic E-state index is 8.57. The summed E-state index contributed by atoms with van der Waals surface area (Å²) in [5.74, 6) is 0. The second-order valence-corrected chi connectivity index (χ2v) is 2.54. The first-order chi connectivity index (χ1) is 3.46. The quantitative estimate of drug-likeness (QED) is 0.261.